The van der Waals surface area contributed by atoms with Gasteiger partial charge in [0, 0.05) is 12.0 Å². The Kier molecular flexibility index (Phi) is 2.76. The van der Waals surface area contributed by atoms with Crippen molar-refractivity contribution in [1.29, 1.82) is 0 Å². The quantitative estimate of drug-likeness (QED) is 0.500. The van der Waals surface area contributed by atoms with E-state index in [1.165, 1.54) is 6.07 Å². The number of benzene rings is 1. The van der Waals surface area contributed by atoms with E-state index < -0.39 is 23.8 Å². The van der Waals surface area contributed by atoms with Crippen molar-refractivity contribution in [1.82, 2.24) is 0 Å². The van der Waals surface area contributed by atoms with Crippen molar-refractivity contribution < 1.29 is 13.6 Å². The monoisotopic (exact) mass is 180 g/mol. The van der Waals surface area contributed by atoms with Gasteiger partial charge >= 0.3 is 0 Å². The number of terminal acetylenes is 1. The van der Waals surface area contributed by atoms with Crippen LogP contribution < -0.4 is 0 Å². The van der Waals surface area contributed by atoms with E-state index in [9.17, 15) is 13.6 Å². The summed E-state index contributed by atoms with van der Waals surface area (Å²) >= 11 is 0. The minimum Gasteiger partial charge on any atom is -0.285 e. The minimum atomic E-state index is -0.747. The predicted octanol–water partition coefficient (Wildman–Crippen LogP) is 1.71. The number of hydrogen-bond donors (Lipinski definition) is 0. The number of carbonyl (C=O) groups excluding carboxylic acids is 1. The zero-order chi connectivity index (χ0) is 9.84. The zero-order valence-corrected chi connectivity index (χ0v) is 6.68. The van der Waals surface area contributed by atoms with Gasteiger partial charge in [0.05, 0.1) is 0 Å². The van der Waals surface area contributed by atoms with Crippen LogP contribution in [0.15, 0.2) is 18.2 Å². The molecule has 0 aliphatic carbocycles. The van der Waals surface area contributed by atoms with Crippen LogP contribution in [0.3, 0.4) is 0 Å². The van der Waals surface area contributed by atoms with E-state index in [0.29, 0.717) is 0 Å². The standard InChI is InChI=1S/C10H6F2O/c1-2-7(13)6-8-9(11)4-3-5-10(8)12/h1,3-5H,6H2. The van der Waals surface area contributed by atoms with Gasteiger partial charge in [-0.05, 0) is 18.1 Å². The van der Waals surface area contributed by atoms with Crippen LogP contribution in [0.2, 0.25) is 0 Å². The predicted molar refractivity (Wildman–Crippen MR) is 43.9 cm³/mol. The van der Waals surface area contributed by atoms with Crippen molar-refractivity contribution in [3.63, 3.8) is 0 Å². The molecule has 0 saturated heterocycles. The fraction of sp³-hybridized carbons (Fsp3) is 0.100. The van der Waals surface area contributed by atoms with Gasteiger partial charge in [0.25, 0.3) is 0 Å². The minimum absolute atomic E-state index is 0.273. The Morgan fingerprint density at radius 3 is 2.38 bits per heavy atom. The van der Waals surface area contributed by atoms with Crippen LogP contribution in [0.25, 0.3) is 0 Å². The Hall–Kier alpha value is -1.69. The van der Waals surface area contributed by atoms with Gasteiger partial charge in [-0.2, -0.15) is 0 Å². The molecule has 0 fully saturated rings. The molecule has 0 aliphatic heterocycles. The molecule has 0 atom stereocenters. The fourth-order valence-corrected chi connectivity index (χ4v) is 0.913. The molecule has 1 rings (SSSR count). The van der Waals surface area contributed by atoms with E-state index in [0.717, 1.165) is 12.1 Å². The van der Waals surface area contributed by atoms with E-state index in [1.807, 2.05) is 0 Å². The maximum Gasteiger partial charge on any atom is 0.209 e. The Balaban J connectivity index is 3.01. The molecule has 66 valence electrons. The van der Waals surface area contributed by atoms with E-state index in [4.69, 9.17) is 6.42 Å². The SMILES string of the molecule is C#CC(=O)Cc1c(F)cccc1F. The molecule has 0 aromatic heterocycles. The fourth-order valence-electron chi connectivity index (χ4n) is 0.913. The summed E-state index contributed by atoms with van der Waals surface area (Å²) in [5.41, 5.74) is -0.273. The van der Waals surface area contributed by atoms with E-state index >= 15 is 0 Å². The van der Waals surface area contributed by atoms with Gasteiger partial charge < -0.3 is 0 Å². The molecule has 3 heteroatoms. The number of halogens is 2. The zero-order valence-electron chi connectivity index (χ0n) is 6.68. The molecular formula is C10H6F2O. The van der Waals surface area contributed by atoms with Crippen LogP contribution in [-0.4, -0.2) is 5.78 Å². The average Bonchev–Trinajstić information content (AvgIpc) is 2.11. The molecule has 0 spiro atoms. The first-order chi connectivity index (χ1) is 6.15. The number of ketones is 1. The maximum absolute atomic E-state index is 12.9. The van der Waals surface area contributed by atoms with Gasteiger partial charge in [0.1, 0.15) is 11.6 Å². The normalized spacial score (nSPS) is 9.31. The van der Waals surface area contributed by atoms with Gasteiger partial charge in [-0.1, -0.05) is 6.07 Å². The lowest BCUT2D eigenvalue weighted by molar-refractivity contribution is -0.113. The lowest BCUT2D eigenvalue weighted by Crippen LogP contribution is -2.03. The number of hydrogen-bond acceptors (Lipinski definition) is 1. The first-order valence-corrected chi connectivity index (χ1v) is 3.57. The summed E-state index contributed by atoms with van der Waals surface area (Å²) in [6, 6.07) is 3.40. The molecule has 0 bridgehead atoms. The highest BCUT2D eigenvalue weighted by atomic mass is 19.1. The summed E-state index contributed by atoms with van der Waals surface area (Å²) in [6.07, 6.45) is 4.38. The van der Waals surface area contributed by atoms with E-state index in [-0.39, 0.29) is 5.56 Å². The molecule has 0 saturated carbocycles. The van der Waals surface area contributed by atoms with Crippen LogP contribution in [0, 0.1) is 24.0 Å². The second kappa shape index (κ2) is 3.81. The molecular weight excluding hydrogens is 174 g/mol. The molecule has 1 nitrogen and oxygen atoms in total. The topological polar surface area (TPSA) is 17.1 Å². The van der Waals surface area contributed by atoms with Crippen LogP contribution in [0.5, 0.6) is 0 Å². The number of carbonyl (C=O) groups is 1. The van der Waals surface area contributed by atoms with Gasteiger partial charge in [0.15, 0.2) is 0 Å². The third-order valence-corrected chi connectivity index (χ3v) is 1.56. The van der Waals surface area contributed by atoms with Gasteiger partial charge in [-0.3, -0.25) is 4.79 Å². The number of Topliss-reactive ketones (excluding diaryl/α,β-unsaturated/α-hetero) is 1. The van der Waals surface area contributed by atoms with E-state index in [2.05, 4.69) is 0 Å². The molecule has 0 aliphatic rings. The van der Waals surface area contributed by atoms with Gasteiger partial charge in [0.2, 0.25) is 5.78 Å². The molecule has 1 aromatic carbocycles. The van der Waals surface area contributed by atoms with Crippen LogP contribution >= 0.6 is 0 Å². The lowest BCUT2D eigenvalue weighted by atomic mass is 10.1. The number of rotatable bonds is 2. The lowest BCUT2D eigenvalue weighted by Gasteiger charge is -2.00. The van der Waals surface area contributed by atoms with Crippen molar-refractivity contribution in [2.24, 2.45) is 0 Å². The molecule has 0 N–H and O–H groups in total. The van der Waals surface area contributed by atoms with Gasteiger partial charge in [-0.25, -0.2) is 8.78 Å². The summed E-state index contributed by atoms with van der Waals surface area (Å²) in [5.74, 6) is -0.333. The highest BCUT2D eigenvalue weighted by molar-refractivity contribution is 5.96. The Bertz CT molecular complexity index is 357. The van der Waals surface area contributed by atoms with Crippen LogP contribution in [0.1, 0.15) is 5.56 Å². The molecule has 1 aromatic rings. The second-order valence-electron chi connectivity index (χ2n) is 2.44. The maximum atomic E-state index is 12.9. The van der Waals surface area contributed by atoms with E-state index in [1.54, 1.807) is 5.92 Å². The smallest absolute Gasteiger partial charge is 0.209 e. The first-order valence-electron chi connectivity index (χ1n) is 3.57. The Labute approximate surface area is 74.4 Å². The molecule has 13 heavy (non-hydrogen) atoms. The summed E-state index contributed by atoms with van der Waals surface area (Å²) in [6.45, 7) is 0. The highest BCUT2D eigenvalue weighted by Crippen LogP contribution is 2.12. The summed E-state index contributed by atoms with van der Waals surface area (Å²) in [4.78, 5) is 10.7. The second-order valence-corrected chi connectivity index (χ2v) is 2.44. The molecule has 0 radical (unpaired) electrons. The summed E-state index contributed by atoms with van der Waals surface area (Å²) in [7, 11) is 0. The van der Waals surface area contributed by atoms with Crippen LogP contribution in [-0.2, 0) is 11.2 Å². The van der Waals surface area contributed by atoms with Crippen LogP contribution in [0.4, 0.5) is 8.78 Å². The van der Waals surface area contributed by atoms with Crippen molar-refractivity contribution in [2.45, 2.75) is 6.42 Å². The van der Waals surface area contributed by atoms with Crippen molar-refractivity contribution in [2.75, 3.05) is 0 Å². The largest absolute Gasteiger partial charge is 0.285 e. The van der Waals surface area contributed by atoms with Crippen molar-refractivity contribution in [3.05, 3.63) is 35.4 Å². The first kappa shape index (κ1) is 9.40. The highest BCUT2D eigenvalue weighted by Gasteiger charge is 2.10. The van der Waals surface area contributed by atoms with Crippen molar-refractivity contribution in [3.8, 4) is 12.3 Å². The summed E-state index contributed by atoms with van der Waals surface area (Å²) in [5, 5.41) is 0. The Morgan fingerprint density at radius 1 is 1.38 bits per heavy atom. The Morgan fingerprint density at radius 2 is 1.92 bits per heavy atom. The molecule has 0 heterocycles. The third-order valence-electron chi connectivity index (χ3n) is 1.56. The molecule has 0 unspecified atom stereocenters. The van der Waals surface area contributed by atoms with Crippen molar-refractivity contribution >= 4 is 5.78 Å². The summed E-state index contributed by atoms with van der Waals surface area (Å²) < 4.78 is 25.8. The third kappa shape index (κ3) is 2.12. The molecule has 0 amide bonds. The van der Waals surface area contributed by atoms with Gasteiger partial charge in [-0.15, -0.1) is 6.42 Å². The average molecular weight is 180 g/mol.